The molecule has 0 radical (unpaired) electrons. The van der Waals surface area contributed by atoms with Crippen LogP contribution in [0.4, 0.5) is 4.39 Å². The summed E-state index contributed by atoms with van der Waals surface area (Å²) in [5, 5.41) is 9.08. The Labute approximate surface area is 134 Å². The van der Waals surface area contributed by atoms with Crippen molar-refractivity contribution in [3.8, 4) is 6.07 Å². The van der Waals surface area contributed by atoms with Crippen LogP contribution in [-0.4, -0.2) is 47.3 Å². The van der Waals surface area contributed by atoms with Gasteiger partial charge in [-0.25, -0.2) is 9.37 Å². The highest BCUT2D eigenvalue weighted by atomic mass is 19.1. The molecule has 1 aliphatic heterocycles. The highest BCUT2D eigenvalue weighted by Crippen LogP contribution is 2.18. The quantitative estimate of drug-likeness (QED) is 0.845. The zero-order valence-corrected chi connectivity index (χ0v) is 12.9. The van der Waals surface area contributed by atoms with Crippen LogP contribution in [0.5, 0.6) is 0 Å². The highest BCUT2D eigenvalue weighted by Gasteiger charge is 2.14. The topological polar surface area (TPSA) is 54.1 Å². The Kier molecular flexibility index (Phi) is 5.01. The first kappa shape index (κ1) is 15.7. The molecule has 2 heterocycles. The molecule has 0 atom stereocenters. The van der Waals surface area contributed by atoms with Crippen LogP contribution in [0.3, 0.4) is 0 Å². The Hall–Kier alpha value is -2.23. The molecule has 0 N–H and O–H groups in total. The molecular weight excluding hydrogens is 295 g/mol. The Morgan fingerprint density at radius 3 is 2.78 bits per heavy atom. The first-order valence-corrected chi connectivity index (χ1v) is 7.73. The number of nitriles is 1. The molecule has 1 aromatic carbocycles. The average molecular weight is 314 g/mol. The molecule has 6 heteroatoms. The minimum Gasteiger partial charge on any atom is -0.379 e. The maximum absolute atomic E-state index is 14.0. The fraction of sp³-hybridized carbons (Fsp3) is 0.412. The third-order valence-electron chi connectivity index (χ3n) is 4.12. The lowest BCUT2D eigenvalue weighted by Gasteiger charge is -2.26. The van der Waals surface area contributed by atoms with Gasteiger partial charge in [-0.15, -0.1) is 0 Å². The Bertz CT molecular complexity index is 687. The number of imidazole rings is 1. The van der Waals surface area contributed by atoms with Crippen LogP contribution < -0.4 is 0 Å². The van der Waals surface area contributed by atoms with Crippen molar-refractivity contribution >= 4 is 0 Å². The summed E-state index contributed by atoms with van der Waals surface area (Å²) in [5.41, 5.74) is 2.02. The molecule has 0 spiro atoms. The van der Waals surface area contributed by atoms with Crippen molar-refractivity contribution in [3.05, 3.63) is 53.4 Å². The van der Waals surface area contributed by atoms with E-state index >= 15 is 0 Å². The van der Waals surface area contributed by atoms with Crippen LogP contribution in [0.25, 0.3) is 0 Å². The molecule has 0 aliphatic carbocycles. The predicted octanol–water partition coefficient (Wildman–Crippen LogP) is 1.82. The summed E-state index contributed by atoms with van der Waals surface area (Å²) in [6.07, 6.45) is 6.05. The second kappa shape index (κ2) is 7.36. The normalized spacial score (nSPS) is 15.5. The molecule has 23 heavy (non-hydrogen) atoms. The summed E-state index contributed by atoms with van der Waals surface area (Å²) < 4.78 is 21.2. The van der Waals surface area contributed by atoms with Crippen LogP contribution in [0.1, 0.15) is 16.7 Å². The molecule has 1 aliphatic rings. The van der Waals surface area contributed by atoms with E-state index in [1.807, 2.05) is 16.8 Å². The number of hydrogen-bond donors (Lipinski definition) is 0. The van der Waals surface area contributed by atoms with Gasteiger partial charge in [0.1, 0.15) is 11.9 Å². The molecule has 0 saturated carbocycles. The lowest BCUT2D eigenvalue weighted by molar-refractivity contribution is 0.0384. The number of rotatable bonds is 5. The molecule has 1 saturated heterocycles. The molecule has 1 aromatic heterocycles. The molecule has 0 unspecified atom stereocenters. The van der Waals surface area contributed by atoms with Crippen LogP contribution in [0, 0.1) is 17.1 Å². The molecule has 1 fully saturated rings. The molecule has 3 rings (SSSR count). The summed E-state index contributed by atoms with van der Waals surface area (Å²) in [6.45, 7) is 4.80. The zero-order chi connectivity index (χ0) is 16.1. The number of nitrogens with zero attached hydrogens (tertiary/aromatic N) is 4. The van der Waals surface area contributed by atoms with Gasteiger partial charge in [-0.3, -0.25) is 4.90 Å². The van der Waals surface area contributed by atoms with E-state index in [0.717, 1.165) is 50.4 Å². The summed E-state index contributed by atoms with van der Waals surface area (Å²) in [7, 11) is 0. The van der Waals surface area contributed by atoms with Gasteiger partial charge < -0.3 is 9.30 Å². The van der Waals surface area contributed by atoms with Gasteiger partial charge in [0.15, 0.2) is 0 Å². The van der Waals surface area contributed by atoms with Crippen LogP contribution >= 0.6 is 0 Å². The molecule has 2 aromatic rings. The van der Waals surface area contributed by atoms with Crippen LogP contribution in [-0.2, 0) is 17.7 Å². The number of aromatic nitrogens is 2. The van der Waals surface area contributed by atoms with Crippen molar-refractivity contribution in [2.75, 3.05) is 32.8 Å². The lowest BCUT2D eigenvalue weighted by atomic mass is 10.0. The number of ether oxygens (including phenoxy) is 1. The molecule has 5 nitrogen and oxygen atoms in total. The Morgan fingerprint density at radius 1 is 1.26 bits per heavy atom. The van der Waals surface area contributed by atoms with Crippen molar-refractivity contribution in [1.29, 1.82) is 5.26 Å². The monoisotopic (exact) mass is 314 g/mol. The Morgan fingerprint density at radius 2 is 2.09 bits per heavy atom. The van der Waals surface area contributed by atoms with Crippen molar-refractivity contribution in [3.63, 3.8) is 0 Å². The minimum absolute atomic E-state index is 0.108. The van der Waals surface area contributed by atoms with Gasteiger partial charge in [0.2, 0.25) is 0 Å². The van der Waals surface area contributed by atoms with E-state index in [1.165, 1.54) is 6.07 Å². The second-order valence-electron chi connectivity index (χ2n) is 5.65. The van der Waals surface area contributed by atoms with Gasteiger partial charge in [0, 0.05) is 38.6 Å². The van der Waals surface area contributed by atoms with Gasteiger partial charge in [0.05, 0.1) is 25.1 Å². The molecule has 0 amide bonds. The van der Waals surface area contributed by atoms with Gasteiger partial charge >= 0.3 is 0 Å². The van der Waals surface area contributed by atoms with Crippen molar-refractivity contribution in [2.45, 2.75) is 13.0 Å². The highest BCUT2D eigenvalue weighted by molar-refractivity contribution is 5.40. The zero-order valence-electron chi connectivity index (χ0n) is 12.9. The number of morpholine rings is 1. The van der Waals surface area contributed by atoms with E-state index in [-0.39, 0.29) is 5.56 Å². The molecule has 120 valence electrons. The number of benzene rings is 1. The van der Waals surface area contributed by atoms with Crippen molar-refractivity contribution in [1.82, 2.24) is 14.5 Å². The maximum Gasteiger partial charge on any atom is 0.141 e. The second-order valence-corrected chi connectivity index (χ2v) is 5.65. The average Bonchev–Trinajstić information content (AvgIpc) is 3.08. The van der Waals surface area contributed by atoms with Crippen molar-refractivity contribution in [2.24, 2.45) is 0 Å². The fourth-order valence-corrected chi connectivity index (χ4v) is 2.81. The summed E-state index contributed by atoms with van der Waals surface area (Å²) >= 11 is 0. The van der Waals surface area contributed by atoms with E-state index in [1.54, 1.807) is 18.6 Å². The van der Waals surface area contributed by atoms with E-state index in [0.29, 0.717) is 6.54 Å². The van der Waals surface area contributed by atoms with E-state index in [2.05, 4.69) is 9.88 Å². The SMILES string of the molecule is N#Cc1cc(CCN2CCOCC2)c(Cn2ccnc2)cc1F. The lowest BCUT2D eigenvalue weighted by Crippen LogP contribution is -2.37. The summed E-state index contributed by atoms with van der Waals surface area (Å²) in [5.74, 6) is -0.460. The van der Waals surface area contributed by atoms with Gasteiger partial charge in [-0.1, -0.05) is 0 Å². The Balaban J connectivity index is 1.79. The summed E-state index contributed by atoms with van der Waals surface area (Å²) in [4.78, 5) is 6.35. The first-order valence-electron chi connectivity index (χ1n) is 7.73. The third kappa shape index (κ3) is 3.95. The van der Waals surface area contributed by atoms with Gasteiger partial charge in [-0.05, 0) is 29.7 Å². The van der Waals surface area contributed by atoms with Crippen LogP contribution in [0.2, 0.25) is 0 Å². The largest absolute Gasteiger partial charge is 0.379 e. The molecular formula is C17H19FN4O. The van der Waals surface area contributed by atoms with E-state index in [4.69, 9.17) is 10.00 Å². The first-order chi connectivity index (χ1) is 11.3. The standard InChI is InChI=1S/C17H19FN4O/c18-17-10-16(12-22-4-2-20-13-22)14(9-15(17)11-19)1-3-21-5-7-23-8-6-21/h2,4,9-10,13H,1,3,5-8,12H2. The van der Waals surface area contributed by atoms with E-state index in [9.17, 15) is 4.39 Å². The fourth-order valence-electron chi connectivity index (χ4n) is 2.81. The predicted molar refractivity (Wildman–Crippen MR) is 83.4 cm³/mol. The van der Waals surface area contributed by atoms with Crippen LogP contribution in [0.15, 0.2) is 30.9 Å². The third-order valence-corrected chi connectivity index (χ3v) is 4.12. The van der Waals surface area contributed by atoms with Gasteiger partial charge in [-0.2, -0.15) is 5.26 Å². The summed E-state index contributed by atoms with van der Waals surface area (Å²) in [6, 6.07) is 5.09. The van der Waals surface area contributed by atoms with E-state index < -0.39 is 5.82 Å². The number of hydrogen-bond acceptors (Lipinski definition) is 4. The van der Waals surface area contributed by atoms with Gasteiger partial charge in [0.25, 0.3) is 0 Å². The van der Waals surface area contributed by atoms with Crippen molar-refractivity contribution < 1.29 is 9.13 Å². The maximum atomic E-state index is 14.0. The minimum atomic E-state index is -0.460. The smallest absolute Gasteiger partial charge is 0.141 e. The number of halogens is 1. The molecule has 0 bridgehead atoms.